The predicted octanol–water partition coefficient (Wildman–Crippen LogP) is 1.54. The molecule has 3 N–H and O–H groups in total. The Balaban J connectivity index is 0.00000320. The van der Waals surface area contributed by atoms with Crippen LogP contribution in [0, 0.1) is 10.1 Å². The van der Waals surface area contributed by atoms with E-state index in [0.29, 0.717) is 43.7 Å². The fraction of sp³-hybridized carbons (Fsp3) is 0.500. The van der Waals surface area contributed by atoms with E-state index >= 15 is 0 Å². The second kappa shape index (κ2) is 11.6. The van der Waals surface area contributed by atoms with Crippen molar-refractivity contribution >= 4 is 41.3 Å². The lowest BCUT2D eigenvalue weighted by molar-refractivity contribution is -0.384. The number of aromatic nitrogens is 3. The van der Waals surface area contributed by atoms with Gasteiger partial charge in [0.15, 0.2) is 11.8 Å². The molecule has 2 heterocycles. The van der Waals surface area contributed by atoms with Gasteiger partial charge in [0.1, 0.15) is 18.1 Å². The molecule has 1 aromatic heterocycles. The van der Waals surface area contributed by atoms with E-state index in [1.807, 2.05) is 4.68 Å². The lowest BCUT2D eigenvalue weighted by Gasteiger charge is -2.25. The first-order chi connectivity index (χ1) is 14.1. The van der Waals surface area contributed by atoms with Crippen molar-refractivity contribution < 1.29 is 9.66 Å². The zero-order chi connectivity index (χ0) is 20.6. The zero-order valence-corrected chi connectivity index (χ0v) is 19.3. The Kier molecular flexibility index (Phi) is 9.23. The summed E-state index contributed by atoms with van der Waals surface area (Å²) in [6, 6.07) is 6.78. The summed E-state index contributed by atoms with van der Waals surface area (Å²) >= 11 is 0. The van der Waals surface area contributed by atoms with E-state index in [1.54, 1.807) is 32.4 Å². The van der Waals surface area contributed by atoms with Crippen LogP contribution in [0.15, 0.2) is 29.3 Å². The molecular weight excluding hydrogens is 503 g/mol. The molecule has 0 aliphatic carbocycles. The van der Waals surface area contributed by atoms with Crippen LogP contribution in [-0.4, -0.2) is 58.9 Å². The molecule has 164 valence electrons. The van der Waals surface area contributed by atoms with Gasteiger partial charge in [0.25, 0.3) is 5.69 Å². The first-order valence-electron chi connectivity index (χ1n) is 9.46. The fourth-order valence-electron chi connectivity index (χ4n) is 3.22. The average molecular weight is 530 g/mol. The summed E-state index contributed by atoms with van der Waals surface area (Å²) in [5, 5.41) is 25.2. The van der Waals surface area contributed by atoms with Gasteiger partial charge in [-0.05, 0) is 12.5 Å². The predicted molar refractivity (Wildman–Crippen MR) is 124 cm³/mol. The van der Waals surface area contributed by atoms with Crippen molar-refractivity contribution in [2.75, 3.05) is 32.6 Å². The third-order valence-corrected chi connectivity index (χ3v) is 4.57. The van der Waals surface area contributed by atoms with Crippen LogP contribution in [0.25, 0.3) is 0 Å². The third kappa shape index (κ3) is 6.26. The summed E-state index contributed by atoms with van der Waals surface area (Å²) < 4.78 is 7.01. The number of hydrogen-bond donors (Lipinski definition) is 3. The molecule has 11 nitrogen and oxygen atoms in total. The Morgan fingerprint density at radius 1 is 1.40 bits per heavy atom. The molecule has 3 rings (SSSR count). The molecule has 1 unspecified atom stereocenters. The van der Waals surface area contributed by atoms with Crippen LogP contribution in [-0.2, 0) is 24.3 Å². The number of guanidine groups is 1. The highest BCUT2D eigenvalue weighted by Crippen LogP contribution is 2.22. The van der Waals surface area contributed by atoms with Gasteiger partial charge in [0.05, 0.1) is 11.5 Å². The number of nitrogens with one attached hydrogen (secondary N) is 3. The molecule has 0 radical (unpaired) electrons. The number of aryl methyl sites for hydroxylation is 1. The number of fused-ring (bicyclic) bond motifs is 1. The Morgan fingerprint density at radius 2 is 2.20 bits per heavy atom. The summed E-state index contributed by atoms with van der Waals surface area (Å²) in [5.41, 5.74) is 0.564. The number of para-hydroxylation sites is 2. The summed E-state index contributed by atoms with van der Waals surface area (Å²) in [5.74, 6) is 2.36. The normalized spacial score (nSPS) is 15.7. The molecule has 0 saturated carbocycles. The van der Waals surface area contributed by atoms with Crippen molar-refractivity contribution in [1.29, 1.82) is 0 Å². The second-order valence-electron chi connectivity index (χ2n) is 6.64. The minimum atomic E-state index is -0.393. The quantitative estimate of drug-likeness (QED) is 0.117. The van der Waals surface area contributed by atoms with Gasteiger partial charge < -0.3 is 20.7 Å². The molecule has 1 aliphatic rings. The van der Waals surface area contributed by atoms with Crippen molar-refractivity contribution in [3.63, 3.8) is 0 Å². The second-order valence-corrected chi connectivity index (χ2v) is 6.64. The molecule has 30 heavy (non-hydrogen) atoms. The molecule has 12 heteroatoms. The number of hydrogen-bond acceptors (Lipinski definition) is 7. The maximum absolute atomic E-state index is 11.1. The highest BCUT2D eigenvalue weighted by Gasteiger charge is 2.22. The summed E-state index contributed by atoms with van der Waals surface area (Å²) in [7, 11) is 3.34. The van der Waals surface area contributed by atoms with E-state index in [0.717, 1.165) is 18.7 Å². The van der Waals surface area contributed by atoms with Crippen LogP contribution in [0.2, 0.25) is 0 Å². The Hall–Kier alpha value is -2.48. The van der Waals surface area contributed by atoms with Crippen LogP contribution in [0.1, 0.15) is 18.1 Å². The summed E-state index contributed by atoms with van der Waals surface area (Å²) in [4.78, 5) is 19.4. The minimum Gasteiger partial charge on any atom is -0.378 e. The van der Waals surface area contributed by atoms with Crippen molar-refractivity contribution in [2.45, 2.75) is 32.0 Å². The maximum atomic E-state index is 11.1. The van der Waals surface area contributed by atoms with Crippen molar-refractivity contribution in [3.05, 3.63) is 46.0 Å². The highest BCUT2D eigenvalue weighted by molar-refractivity contribution is 14.0. The molecule has 0 fully saturated rings. The number of nitro benzene ring substituents is 1. The largest absolute Gasteiger partial charge is 0.378 e. The van der Waals surface area contributed by atoms with Crippen LogP contribution < -0.4 is 16.0 Å². The number of benzene rings is 1. The SMILES string of the molecule is CN=C(NCCNc1ccccc1[N+](=O)[O-])NC1CCc2nc(COC)nn2C1.I. The molecule has 0 saturated heterocycles. The Labute approximate surface area is 191 Å². The number of methoxy groups -OCH3 is 1. The van der Waals surface area contributed by atoms with E-state index in [-0.39, 0.29) is 35.7 Å². The lowest BCUT2D eigenvalue weighted by Crippen LogP contribution is -2.48. The number of aliphatic imine (C=N–C) groups is 1. The molecule has 0 spiro atoms. The van der Waals surface area contributed by atoms with Crippen molar-refractivity contribution in [2.24, 2.45) is 4.99 Å². The number of halogens is 1. The average Bonchev–Trinajstić information content (AvgIpc) is 3.12. The Morgan fingerprint density at radius 3 is 2.93 bits per heavy atom. The molecule has 1 aliphatic heterocycles. The van der Waals surface area contributed by atoms with Crippen LogP contribution in [0.5, 0.6) is 0 Å². The molecule has 1 aromatic carbocycles. The zero-order valence-electron chi connectivity index (χ0n) is 17.0. The van der Waals surface area contributed by atoms with Crippen molar-refractivity contribution in [1.82, 2.24) is 25.4 Å². The molecule has 1 atom stereocenters. The van der Waals surface area contributed by atoms with E-state index in [1.165, 1.54) is 6.07 Å². The van der Waals surface area contributed by atoms with Crippen LogP contribution >= 0.6 is 24.0 Å². The van der Waals surface area contributed by atoms with Crippen LogP contribution in [0.3, 0.4) is 0 Å². The van der Waals surface area contributed by atoms with E-state index in [9.17, 15) is 10.1 Å². The van der Waals surface area contributed by atoms with Gasteiger partial charge >= 0.3 is 0 Å². The number of ether oxygens (including phenoxy) is 1. The molecule has 2 aromatic rings. The number of nitro groups is 1. The maximum Gasteiger partial charge on any atom is 0.292 e. The monoisotopic (exact) mass is 530 g/mol. The van der Waals surface area contributed by atoms with Crippen LogP contribution in [0.4, 0.5) is 11.4 Å². The molecule has 0 bridgehead atoms. The third-order valence-electron chi connectivity index (χ3n) is 4.57. The first-order valence-corrected chi connectivity index (χ1v) is 9.46. The smallest absolute Gasteiger partial charge is 0.292 e. The number of anilines is 1. The number of nitrogens with zero attached hydrogens (tertiary/aromatic N) is 5. The topological polar surface area (TPSA) is 132 Å². The minimum absolute atomic E-state index is 0. The van der Waals surface area contributed by atoms with E-state index in [2.05, 4.69) is 31.0 Å². The van der Waals surface area contributed by atoms with Gasteiger partial charge in [-0.25, -0.2) is 9.67 Å². The lowest BCUT2D eigenvalue weighted by atomic mass is 10.1. The molecule has 0 amide bonds. The van der Waals surface area contributed by atoms with Gasteiger partial charge in [0.2, 0.25) is 0 Å². The molecular formula is C18H27IN8O3. The highest BCUT2D eigenvalue weighted by atomic mass is 127. The van der Waals surface area contributed by atoms with Gasteiger partial charge in [-0.2, -0.15) is 5.10 Å². The van der Waals surface area contributed by atoms with Gasteiger partial charge in [-0.15, -0.1) is 24.0 Å². The first kappa shape index (κ1) is 23.8. The standard InChI is InChI=1S/C18H26N8O3.HI/c1-19-18(21-10-9-20-14-5-3-4-6-15(14)26(27)28)22-13-7-8-17-23-16(12-29-2)24-25(17)11-13;/h3-6,13,20H,7-12H2,1-2H3,(H2,19,21,22);1H. The van der Waals surface area contributed by atoms with Gasteiger partial charge in [-0.1, -0.05) is 12.1 Å². The van der Waals surface area contributed by atoms with Gasteiger partial charge in [0, 0.05) is 45.8 Å². The van der Waals surface area contributed by atoms with Crippen molar-refractivity contribution in [3.8, 4) is 0 Å². The fourth-order valence-corrected chi connectivity index (χ4v) is 3.22. The Bertz CT molecular complexity index is 873. The summed E-state index contributed by atoms with van der Waals surface area (Å²) in [6.45, 7) is 2.20. The van der Waals surface area contributed by atoms with E-state index < -0.39 is 4.92 Å². The van der Waals surface area contributed by atoms with Gasteiger partial charge in [-0.3, -0.25) is 15.1 Å². The van der Waals surface area contributed by atoms with E-state index in [4.69, 9.17) is 4.74 Å². The number of rotatable bonds is 8. The summed E-state index contributed by atoms with van der Waals surface area (Å²) in [6.07, 6.45) is 1.77.